The van der Waals surface area contributed by atoms with Gasteiger partial charge in [0.25, 0.3) is 5.56 Å². The molecule has 4 rings (SSSR count). The highest BCUT2D eigenvalue weighted by Crippen LogP contribution is 2.27. The molecule has 0 bridgehead atoms. The maximum absolute atomic E-state index is 12.9. The number of nitrogens with zero attached hydrogens (tertiary/aromatic N) is 3. The molecule has 2 heterocycles. The minimum Gasteiger partial charge on any atom is -0.339 e. The largest absolute Gasteiger partial charge is 0.339 e. The van der Waals surface area contributed by atoms with Crippen LogP contribution in [-0.4, -0.2) is 14.3 Å². The van der Waals surface area contributed by atoms with E-state index in [0.717, 1.165) is 22.0 Å². The van der Waals surface area contributed by atoms with Crippen molar-refractivity contribution in [3.63, 3.8) is 0 Å². The van der Waals surface area contributed by atoms with Crippen LogP contribution < -0.4 is 5.56 Å². The smallest absolute Gasteiger partial charge is 0.296 e. The number of rotatable bonds is 1. The van der Waals surface area contributed by atoms with Crippen LogP contribution in [-0.2, 0) is 7.05 Å². The summed E-state index contributed by atoms with van der Waals surface area (Å²) in [5, 5.41) is 6.79. The van der Waals surface area contributed by atoms with E-state index in [0.29, 0.717) is 10.5 Å². The van der Waals surface area contributed by atoms with Gasteiger partial charge in [0.2, 0.25) is 0 Å². The summed E-state index contributed by atoms with van der Waals surface area (Å²) in [6, 6.07) is 15.0. The maximum atomic E-state index is 12.9. The monoisotopic (exact) mass is 309 g/mol. The SMILES string of the molecule is Cn1c2cc(Cl)ccc2c2cnn(-c3ccccc3)c(=O)c21. The molecule has 4 nitrogen and oxygen atoms in total. The van der Waals surface area contributed by atoms with E-state index >= 15 is 0 Å². The third kappa shape index (κ3) is 1.77. The van der Waals surface area contributed by atoms with E-state index in [9.17, 15) is 4.79 Å². The highest BCUT2D eigenvalue weighted by Gasteiger charge is 2.14. The van der Waals surface area contributed by atoms with Gasteiger partial charge in [-0.25, -0.2) is 0 Å². The third-order valence-electron chi connectivity index (χ3n) is 3.90. The van der Waals surface area contributed by atoms with Gasteiger partial charge in [-0.2, -0.15) is 9.78 Å². The molecule has 5 heteroatoms. The summed E-state index contributed by atoms with van der Waals surface area (Å²) >= 11 is 6.07. The van der Waals surface area contributed by atoms with Crippen molar-refractivity contribution in [2.75, 3.05) is 0 Å². The molecule has 0 saturated carbocycles. The van der Waals surface area contributed by atoms with Gasteiger partial charge in [0.05, 0.1) is 17.4 Å². The second kappa shape index (κ2) is 4.71. The molecule has 0 unspecified atom stereocenters. The van der Waals surface area contributed by atoms with Crippen molar-refractivity contribution in [1.82, 2.24) is 14.3 Å². The molecule has 0 radical (unpaired) electrons. The van der Waals surface area contributed by atoms with Crippen molar-refractivity contribution >= 4 is 33.4 Å². The molecule has 0 atom stereocenters. The summed E-state index contributed by atoms with van der Waals surface area (Å²) < 4.78 is 3.29. The molecular formula is C17H12ClN3O. The normalized spacial score (nSPS) is 11.4. The van der Waals surface area contributed by atoms with Crippen LogP contribution in [0.25, 0.3) is 27.5 Å². The summed E-state index contributed by atoms with van der Waals surface area (Å²) in [6.45, 7) is 0. The Morgan fingerprint density at radius 1 is 1.05 bits per heavy atom. The average molecular weight is 310 g/mol. The Balaban J connectivity index is 2.14. The van der Waals surface area contributed by atoms with E-state index in [4.69, 9.17) is 11.6 Å². The Labute approximate surface area is 131 Å². The van der Waals surface area contributed by atoms with Gasteiger partial charge in [-0.1, -0.05) is 35.9 Å². The maximum Gasteiger partial charge on any atom is 0.296 e. The second-order valence-electron chi connectivity index (χ2n) is 5.18. The number of hydrogen-bond acceptors (Lipinski definition) is 2. The van der Waals surface area contributed by atoms with Gasteiger partial charge < -0.3 is 4.57 Å². The van der Waals surface area contributed by atoms with Gasteiger partial charge in [-0.3, -0.25) is 4.79 Å². The molecule has 0 amide bonds. The van der Waals surface area contributed by atoms with Gasteiger partial charge >= 0.3 is 0 Å². The van der Waals surface area contributed by atoms with Gasteiger partial charge in [-0.05, 0) is 24.3 Å². The first-order chi connectivity index (χ1) is 10.7. The Morgan fingerprint density at radius 3 is 2.59 bits per heavy atom. The average Bonchev–Trinajstić information content (AvgIpc) is 2.82. The van der Waals surface area contributed by atoms with Gasteiger partial charge in [0.1, 0.15) is 5.52 Å². The molecule has 0 aliphatic rings. The summed E-state index contributed by atoms with van der Waals surface area (Å²) in [7, 11) is 1.87. The van der Waals surface area contributed by atoms with Crippen LogP contribution in [0.2, 0.25) is 5.02 Å². The second-order valence-corrected chi connectivity index (χ2v) is 5.62. The van der Waals surface area contributed by atoms with Crippen LogP contribution in [0.3, 0.4) is 0 Å². The number of aromatic nitrogens is 3. The van der Waals surface area contributed by atoms with Crippen LogP contribution in [0.4, 0.5) is 0 Å². The zero-order chi connectivity index (χ0) is 15.3. The zero-order valence-electron chi connectivity index (χ0n) is 11.8. The van der Waals surface area contributed by atoms with E-state index in [1.165, 1.54) is 4.68 Å². The van der Waals surface area contributed by atoms with Crippen LogP contribution in [0, 0.1) is 0 Å². The number of benzene rings is 2. The molecule has 0 spiro atoms. The van der Waals surface area contributed by atoms with Crippen molar-refractivity contribution in [3.8, 4) is 5.69 Å². The van der Waals surface area contributed by atoms with Crippen LogP contribution in [0.15, 0.2) is 59.5 Å². The minimum atomic E-state index is -0.140. The van der Waals surface area contributed by atoms with Crippen molar-refractivity contribution in [2.45, 2.75) is 0 Å². The van der Waals surface area contributed by atoms with E-state index in [-0.39, 0.29) is 5.56 Å². The number of halogens is 1. The molecule has 22 heavy (non-hydrogen) atoms. The summed E-state index contributed by atoms with van der Waals surface area (Å²) in [4.78, 5) is 12.9. The van der Waals surface area contributed by atoms with E-state index < -0.39 is 0 Å². The molecule has 2 aromatic carbocycles. The van der Waals surface area contributed by atoms with E-state index in [1.807, 2.05) is 60.1 Å². The number of aryl methyl sites for hydroxylation is 1. The lowest BCUT2D eigenvalue weighted by molar-refractivity contribution is 0.811. The fourth-order valence-electron chi connectivity index (χ4n) is 2.85. The standard InChI is InChI=1S/C17H12ClN3O/c1-20-15-9-11(18)7-8-13(15)14-10-19-21(17(22)16(14)20)12-5-3-2-4-6-12/h2-10H,1H3. The number of hydrogen-bond donors (Lipinski definition) is 0. The van der Waals surface area contributed by atoms with Crippen LogP contribution in [0.5, 0.6) is 0 Å². The molecule has 0 saturated heterocycles. The lowest BCUT2D eigenvalue weighted by atomic mass is 10.2. The van der Waals surface area contributed by atoms with Crippen molar-refractivity contribution in [1.29, 1.82) is 0 Å². The van der Waals surface area contributed by atoms with E-state index in [1.54, 1.807) is 6.20 Å². The van der Waals surface area contributed by atoms with Crippen molar-refractivity contribution < 1.29 is 0 Å². The van der Waals surface area contributed by atoms with Crippen LogP contribution >= 0.6 is 11.6 Å². The first-order valence-corrected chi connectivity index (χ1v) is 7.26. The van der Waals surface area contributed by atoms with Gasteiger partial charge in [-0.15, -0.1) is 0 Å². The van der Waals surface area contributed by atoms with Gasteiger partial charge in [0, 0.05) is 22.8 Å². The fourth-order valence-corrected chi connectivity index (χ4v) is 3.02. The zero-order valence-corrected chi connectivity index (χ0v) is 12.6. The van der Waals surface area contributed by atoms with Crippen molar-refractivity contribution in [3.05, 3.63) is 70.1 Å². The highest BCUT2D eigenvalue weighted by atomic mass is 35.5. The highest BCUT2D eigenvalue weighted by molar-refractivity contribution is 6.31. The predicted octanol–water partition coefficient (Wildman–Crippen LogP) is 3.53. The fraction of sp³-hybridized carbons (Fsp3) is 0.0588. The van der Waals surface area contributed by atoms with Gasteiger partial charge in [0.15, 0.2) is 0 Å². The quantitative estimate of drug-likeness (QED) is 0.539. The van der Waals surface area contributed by atoms with Crippen molar-refractivity contribution in [2.24, 2.45) is 7.05 Å². The number of para-hydroxylation sites is 1. The lowest BCUT2D eigenvalue weighted by Gasteiger charge is -2.04. The Morgan fingerprint density at radius 2 is 1.82 bits per heavy atom. The molecule has 0 aliphatic carbocycles. The first-order valence-electron chi connectivity index (χ1n) is 6.88. The summed E-state index contributed by atoms with van der Waals surface area (Å²) in [5.74, 6) is 0. The lowest BCUT2D eigenvalue weighted by Crippen LogP contribution is -2.22. The number of fused-ring (bicyclic) bond motifs is 3. The summed E-state index contributed by atoms with van der Waals surface area (Å²) in [5.41, 5.74) is 2.15. The molecule has 0 N–H and O–H groups in total. The molecular weight excluding hydrogens is 298 g/mol. The molecule has 4 aromatic rings. The van der Waals surface area contributed by atoms with E-state index in [2.05, 4.69) is 5.10 Å². The molecule has 0 fully saturated rings. The Kier molecular flexibility index (Phi) is 2.81. The topological polar surface area (TPSA) is 39.8 Å². The minimum absolute atomic E-state index is 0.140. The molecule has 108 valence electrons. The Bertz CT molecular complexity index is 1060. The third-order valence-corrected chi connectivity index (χ3v) is 4.13. The first kappa shape index (κ1) is 13.1. The molecule has 2 aromatic heterocycles. The Hall–Kier alpha value is -2.59. The molecule has 0 aliphatic heterocycles. The van der Waals surface area contributed by atoms with Crippen LogP contribution in [0.1, 0.15) is 0 Å². The predicted molar refractivity (Wildman–Crippen MR) is 88.8 cm³/mol. The summed E-state index contributed by atoms with van der Waals surface area (Å²) in [6.07, 6.45) is 1.74.